The van der Waals surface area contributed by atoms with Crippen LogP contribution in [-0.2, 0) is 9.47 Å². The number of benzene rings is 1. The van der Waals surface area contributed by atoms with E-state index in [1.54, 1.807) is 14.2 Å². The summed E-state index contributed by atoms with van der Waals surface area (Å²) in [5, 5.41) is 7.39. The van der Waals surface area contributed by atoms with Gasteiger partial charge in [-0.15, -0.1) is 0 Å². The van der Waals surface area contributed by atoms with E-state index < -0.39 is 0 Å². The van der Waals surface area contributed by atoms with E-state index in [2.05, 4.69) is 18.5 Å². The summed E-state index contributed by atoms with van der Waals surface area (Å²) in [6.07, 6.45) is 11.9. The molecular weight excluding hydrogens is 368 g/mol. The molecule has 6 nitrogen and oxygen atoms in total. The average Bonchev–Trinajstić information content (AvgIpc) is 3.21. The van der Waals surface area contributed by atoms with E-state index in [1.165, 1.54) is 12.6 Å². The molecule has 0 amide bonds. The maximum Gasteiger partial charge on any atom is 0.189 e. The quantitative estimate of drug-likeness (QED) is 0.249. The van der Waals surface area contributed by atoms with Crippen LogP contribution in [0.4, 0.5) is 0 Å². The van der Waals surface area contributed by atoms with E-state index in [4.69, 9.17) is 24.5 Å². The van der Waals surface area contributed by atoms with Crippen LogP contribution in [0.5, 0.6) is 11.5 Å². The third kappa shape index (κ3) is 7.80. The van der Waals surface area contributed by atoms with Crippen LogP contribution in [0, 0.1) is 5.41 Å². The Labute approximate surface area is 175 Å². The lowest BCUT2D eigenvalue weighted by molar-refractivity contribution is -0.135. The molecule has 0 aromatic heterocycles. The number of ether oxygens (including phenoxy) is 3. The minimum absolute atomic E-state index is 0.0232. The molecule has 1 aliphatic heterocycles. The number of methoxy groups -OCH3 is 1. The molecule has 2 N–H and O–H groups in total. The van der Waals surface area contributed by atoms with Crippen molar-refractivity contribution in [2.45, 2.75) is 70.7 Å². The molecule has 0 bridgehead atoms. The number of hydrogen-bond donors (Lipinski definition) is 2. The number of hydrogen-bond acceptors (Lipinski definition) is 6. The van der Waals surface area contributed by atoms with Gasteiger partial charge >= 0.3 is 0 Å². The first-order valence-electron chi connectivity index (χ1n) is 10.7. The van der Waals surface area contributed by atoms with Crippen LogP contribution in [-0.4, -0.2) is 33.3 Å². The van der Waals surface area contributed by atoms with Crippen molar-refractivity contribution in [3.63, 3.8) is 0 Å². The Morgan fingerprint density at radius 2 is 2.03 bits per heavy atom. The topological polar surface area (TPSA) is 72.8 Å². The summed E-state index contributed by atoms with van der Waals surface area (Å²) in [4.78, 5) is 5.42. The largest absolute Gasteiger partial charge is 0.493 e. The van der Waals surface area contributed by atoms with E-state index in [1.807, 2.05) is 18.2 Å². The molecular formula is C23H36N2O4. The Hall–Kier alpha value is -1.89. The van der Waals surface area contributed by atoms with Gasteiger partial charge in [0, 0.05) is 26.3 Å². The molecule has 1 heterocycles. The average molecular weight is 405 g/mol. The van der Waals surface area contributed by atoms with Crippen molar-refractivity contribution < 1.29 is 19.0 Å². The van der Waals surface area contributed by atoms with Crippen molar-refractivity contribution in [2.75, 3.05) is 20.8 Å². The second-order valence-electron chi connectivity index (χ2n) is 7.21. The fourth-order valence-electron chi connectivity index (χ4n) is 3.55. The summed E-state index contributed by atoms with van der Waals surface area (Å²) >= 11 is 0. The third-order valence-electron chi connectivity index (χ3n) is 5.07. The first-order chi connectivity index (χ1) is 14.2. The maximum atomic E-state index is 7.39. The van der Waals surface area contributed by atoms with Gasteiger partial charge in [0.05, 0.1) is 13.2 Å². The molecule has 1 aliphatic rings. The van der Waals surface area contributed by atoms with Crippen molar-refractivity contribution in [2.24, 2.45) is 0 Å². The van der Waals surface area contributed by atoms with E-state index in [0.29, 0.717) is 11.5 Å². The molecule has 162 valence electrons. The van der Waals surface area contributed by atoms with Crippen LogP contribution in [0.25, 0.3) is 0 Å². The molecule has 0 aliphatic carbocycles. The van der Waals surface area contributed by atoms with E-state index in [-0.39, 0.29) is 12.4 Å². The Bertz CT molecular complexity index is 648. The Morgan fingerprint density at radius 3 is 2.76 bits per heavy atom. The van der Waals surface area contributed by atoms with Crippen LogP contribution >= 0.6 is 0 Å². The normalized spacial score (nSPS) is 19.3. The van der Waals surface area contributed by atoms with Crippen molar-refractivity contribution >= 4 is 6.21 Å². The summed E-state index contributed by atoms with van der Waals surface area (Å²) < 4.78 is 17.3. The van der Waals surface area contributed by atoms with Gasteiger partial charge < -0.3 is 24.5 Å². The van der Waals surface area contributed by atoms with E-state index >= 15 is 0 Å². The van der Waals surface area contributed by atoms with Gasteiger partial charge in [-0.2, -0.15) is 5.48 Å². The molecule has 1 aromatic carbocycles. The van der Waals surface area contributed by atoms with Crippen LogP contribution in [0.1, 0.15) is 70.0 Å². The van der Waals surface area contributed by atoms with Crippen molar-refractivity contribution in [3.8, 4) is 11.5 Å². The Morgan fingerprint density at radius 1 is 1.21 bits per heavy atom. The summed E-state index contributed by atoms with van der Waals surface area (Å²) in [6.45, 7) is 2.84. The van der Waals surface area contributed by atoms with Crippen molar-refractivity contribution in [3.05, 3.63) is 35.4 Å². The maximum absolute atomic E-state index is 7.39. The van der Waals surface area contributed by atoms with Gasteiger partial charge in [-0.25, -0.2) is 0 Å². The lowest BCUT2D eigenvalue weighted by atomic mass is 10.1. The van der Waals surface area contributed by atoms with E-state index in [9.17, 15) is 0 Å². The molecule has 29 heavy (non-hydrogen) atoms. The SMILES string of the molecule is CC/C=C(\C=N)CCCCCCOC1CCC(c2ccc(OC)c(ONC)c2)O1. The van der Waals surface area contributed by atoms with Gasteiger partial charge in [0.1, 0.15) is 0 Å². The third-order valence-corrected chi connectivity index (χ3v) is 5.07. The lowest BCUT2D eigenvalue weighted by Crippen LogP contribution is -2.13. The highest BCUT2D eigenvalue weighted by atomic mass is 16.7. The van der Waals surface area contributed by atoms with Crippen LogP contribution in [0.15, 0.2) is 29.8 Å². The molecule has 1 aromatic rings. The molecule has 0 spiro atoms. The smallest absolute Gasteiger partial charge is 0.189 e. The highest BCUT2D eigenvalue weighted by molar-refractivity contribution is 5.75. The van der Waals surface area contributed by atoms with Gasteiger partial charge in [0.25, 0.3) is 0 Å². The molecule has 1 fully saturated rings. The second kappa shape index (κ2) is 13.4. The van der Waals surface area contributed by atoms with Gasteiger partial charge in [-0.1, -0.05) is 31.9 Å². The fourth-order valence-corrected chi connectivity index (χ4v) is 3.55. The second-order valence-corrected chi connectivity index (χ2v) is 7.21. The molecule has 0 radical (unpaired) electrons. The first kappa shape index (κ1) is 23.4. The number of nitrogens with one attached hydrogen (secondary N) is 2. The van der Waals surface area contributed by atoms with Gasteiger partial charge in [0.15, 0.2) is 17.8 Å². The minimum Gasteiger partial charge on any atom is -0.493 e. The standard InChI is InChI=1S/C23H36N2O4/c1-4-9-18(17-24)10-7-5-6-8-15-27-23-14-13-20(28-23)19-11-12-21(26-3)22(16-19)29-25-2/h9,11-12,16-17,20,23-25H,4-8,10,13-15H2,1-3H3/b18-9-,24-17?. The molecule has 2 atom stereocenters. The Balaban J connectivity index is 1.65. The summed E-state index contributed by atoms with van der Waals surface area (Å²) in [7, 11) is 3.35. The fraction of sp³-hybridized carbons (Fsp3) is 0.609. The molecule has 2 unspecified atom stereocenters. The summed E-state index contributed by atoms with van der Waals surface area (Å²) in [6, 6.07) is 5.88. The first-order valence-corrected chi connectivity index (χ1v) is 10.7. The predicted octanol–water partition coefficient (Wildman–Crippen LogP) is 5.34. The zero-order valence-electron chi connectivity index (χ0n) is 18.0. The van der Waals surface area contributed by atoms with Gasteiger partial charge in [0.2, 0.25) is 0 Å². The van der Waals surface area contributed by atoms with Gasteiger partial charge in [-0.05, 0) is 55.4 Å². The number of allylic oxidation sites excluding steroid dienone is 2. The van der Waals surface area contributed by atoms with E-state index in [0.717, 1.165) is 62.7 Å². The summed E-state index contributed by atoms with van der Waals surface area (Å²) in [5.74, 6) is 1.34. The highest BCUT2D eigenvalue weighted by Crippen LogP contribution is 2.37. The Kier molecular flexibility index (Phi) is 10.8. The molecule has 6 heteroatoms. The molecule has 2 rings (SSSR count). The molecule has 0 saturated carbocycles. The van der Waals surface area contributed by atoms with Crippen molar-refractivity contribution in [1.29, 1.82) is 5.41 Å². The molecule has 1 saturated heterocycles. The highest BCUT2D eigenvalue weighted by Gasteiger charge is 2.27. The number of rotatable bonds is 14. The van der Waals surface area contributed by atoms with Gasteiger partial charge in [-0.3, -0.25) is 0 Å². The number of hydroxylamine groups is 1. The van der Waals surface area contributed by atoms with Crippen LogP contribution in [0.2, 0.25) is 0 Å². The van der Waals surface area contributed by atoms with Crippen molar-refractivity contribution in [1.82, 2.24) is 5.48 Å². The summed E-state index contributed by atoms with van der Waals surface area (Å²) in [5.41, 5.74) is 4.91. The van der Waals surface area contributed by atoms with Crippen LogP contribution < -0.4 is 15.1 Å². The minimum atomic E-state index is -0.132. The zero-order valence-corrected chi connectivity index (χ0v) is 18.0. The predicted molar refractivity (Wildman–Crippen MR) is 116 cm³/mol. The van der Waals surface area contributed by atoms with Crippen LogP contribution in [0.3, 0.4) is 0 Å². The lowest BCUT2D eigenvalue weighted by Gasteiger charge is -2.16. The zero-order chi connectivity index (χ0) is 20.9. The monoisotopic (exact) mass is 404 g/mol. The number of unbranched alkanes of at least 4 members (excludes halogenated alkanes) is 3.